The summed E-state index contributed by atoms with van der Waals surface area (Å²) in [6.07, 6.45) is -3.53. The maximum atomic E-state index is 12.8. The van der Waals surface area contributed by atoms with Crippen LogP contribution in [0.15, 0.2) is 23.3 Å². The third kappa shape index (κ3) is 4.13. The van der Waals surface area contributed by atoms with Crippen LogP contribution in [-0.4, -0.2) is 34.3 Å². The number of nitrogens with zero attached hydrogens (tertiary/aromatic N) is 3. The molecule has 0 fully saturated rings. The molecule has 10 heteroatoms. The Labute approximate surface area is 140 Å². The zero-order valence-electron chi connectivity index (χ0n) is 13.1. The van der Waals surface area contributed by atoms with Crippen molar-refractivity contribution in [1.29, 1.82) is 0 Å². The van der Waals surface area contributed by atoms with Gasteiger partial charge in [0.25, 0.3) is 5.82 Å². The quantitative estimate of drug-likeness (QED) is 0.653. The molecule has 1 aromatic heterocycles. The summed E-state index contributed by atoms with van der Waals surface area (Å²) in [5.41, 5.74) is 0.516. The number of benzene rings is 1. The van der Waals surface area contributed by atoms with Crippen molar-refractivity contribution in [2.24, 2.45) is 5.10 Å². The fourth-order valence-electron chi connectivity index (χ4n) is 1.83. The average molecular weight is 360 g/mol. The Balaban J connectivity index is 2.37. The molecule has 1 aromatic carbocycles. The molecule has 0 bridgehead atoms. The second-order valence-electron chi connectivity index (χ2n) is 4.98. The molecule has 0 spiro atoms. The number of alkyl halides is 3. The molecule has 2 rings (SSSR count). The number of aromatic nitrogens is 3. The second kappa shape index (κ2) is 7.04. The van der Waals surface area contributed by atoms with Crippen molar-refractivity contribution in [3.8, 4) is 11.5 Å². The molecule has 0 aliphatic heterocycles. The molecular weight excluding hydrogens is 345 g/mol. The molecule has 0 aliphatic carbocycles. The monoisotopic (exact) mass is 360 g/mol. The molecule has 24 heavy (non-hydrogen) atoms. The number of nitrogens with one attached hydrogen (secondary N) is 1. The van der Waals surface area contributed by atoms with E-state index in [0.29, 0.717) is 21.7 Å². The van der Waals surface area contributed by atoms with Crippen molar-refractivity contribution in [2.45, 2.75) is 26.1 Å². The summed E-state index contributed by atoms with van der Waals surface area (Å²) in [6.45, 7) is 3.70. The Bertz CT molecular complexity index is 796. The van der Waals surface area contributed by atoms with Gasteiger partial charge in [-0.15, -0.1) is 5.10 Å². The summed E-state index contributed by atoms with van der Waals surface area (Å²) in [6, 6.07) is 4.88. The predicted octanol–water partition coefficient (Wildman–Crippen LogP) is 3.64. The number of ether oxygens (including phenoxy) is 2. The summed E-state index contributed by atoms with van der Waals surface area (Å²) >= 11 is 4.77. The fraction of sp³-hybridized carbons (Fsp3) is 0.357. The van der Waals surface area contributed by atoms with Crippen LogP contribution in [0.3, 0.4) is 0 Å². The highest BCUT2D eigenvalue weighted by Gasteiger charge is 2.37. The summed E-state index contributed by atoms with van der Waals surface area (Å²) in [5.74, 6) is -0.254. The molecule has 130 valence electrons. The maximum absolute atomic E-state index is 12.8. The Kier molecular flexibility index (Phi) is 5.27. The van der Waals surface area contributed by atoms with Crippen LogP contribution in [0.1, 0.15) is 25.2 Å². The third-order valence-electron chi connectivity index (χ3n) is 2.78. The number of halogens is 3. The van der Waals surface area contributed by atoms with Crippen LogP contribution in [0, 0.1) is 4.77 Å². The summed E-state index contributed by atoms with van der Waals surface area (Å²) in [5, 5.41) is 8.97. The normalized spacial score (nSPS) is 12.1. The first-order valence-corrected chi connectivity index (χ1v) is 7.27. The lowest BCUT2D eigenvalue weighted by molar-refractivity contribution is -0.147. The van der Waals surface area contributed by atoms with Crippen molar-refractivity contribution >= 4 is 18.4 Å². The van der Waals surface area contributed by atoms with Gasteiger partial charge in [0.2, 0.25) is 4.77 Å². The van der Waals surface area contributed by atoms with Crippen LogP contribution in [-0.2, 0) is 6.18 Å². The highest BCUT2D eigenvalue weighted by atomic mass is 32.1. The molecule has 2 aromatic rings. The van der Waals surface area contributed by atoms with E-state index in [1.807, 2.05) is 13.8 Å². The van der Waals surface area contributed by atoms with Crippen LogP contribution >= 0.6 is 12.2 Å². The molecule has 1 heterocycles. The van der Waals surface area contributed by atoms with E-state index in [1.54, 1.807) is 18.2 Å². The molecule has 6 nitrogen and oxygen atoms in total. The zero-order valence-corrected chi connectivity index (χ0v) is 13.9. The van der Waals surface area contributed by atoms with E-state index in [-0.39, 0.29) is 10.9 Å². The molecule has 0 atom stereocenters. The van der Waals surface area contributed by atoms with Gasteiger partial charge in [0.05, 0.1) is 19.4 Å². The third-order valence-corrected chi connectivity index (χ3v) is 3.04. The van der Waals surface area contributed by atoms with Crippen molar-refractivity contribution in [1.82, 2.24) is 14.9 Å². The molecular formula is C14H15F3N4O2S. The van der Waals surface area contributed by atoms with Crippen LogP contribution in [0.2, 0.25) is 0 Å². The van der Waals surface area contributed by atoms with Crippen molar-refractivity contribution in [3.05, 3.63) is 34.4 Å². The number of hydrogen-bond donors (Lipinski definition) is 1. The van der Waals surface area contributed by atoms with Crippen molar-refractivity contribution in [2.75, 3.05) is 7.11 Å². The Morgan fingerprint density at radius 3 is 2.62 bits per heavy atom. The van der Waals surface area contributed by atoms with Gasteiger partial charge in [-0.1, -0.05) is 0 Å². The van der Waals surface area contributed by atoms with E-state index in [1.165, 1.54) is 13.3 Å². The van der Waals surface area contributed by atoms with Crippen LogP contribution in [0.25, 0.3) is 0 Å². The lowest BCUT2D eigenvalue weighted by Crippen LogP contribution is -2.12. The Morgan fingerprint density at radius 2 is 2.04 bits per heavy atom. The number of hydrogen-bond acceptors (Lipinski definition) is 5. The lowest BCUT2D eigenvalue weighted by atomic mass is 10.2. The first-order chi connectivity index (χ1) is 11.2. The number of methoxy groups -OCH3 is 1. The molecule has 0 aliphatic rings. The maximum Gasteiger partial charge on any atom is 0.453 e. The number of H-pyrrole nitrogens is 1. The van der Waals surface area contributed by atoms with Gasteiger partial charge in [0, 0.05) is 0 Å². The highest BCUT2D eigenvalue weighted by molar-refractivity contribution is 7.71. The van der Waals surface area contributed by atoms with Gasteiger partial charge in [-0.05, 0) is 49.8 Å². The van der Waals surface area contributed by atoms with E-state index in [0.717, 1.165) is 0 Å². The molecule has 0 unspecified atom stereocenters. The van der Waals surface area contributed by atoms with E-state index in [4.69, 9.17) is 21.7 Å². The summed E-state index contributed by atoms with van der Waals surface area (Å²) < 4.78 is 49.5. The van der Waals surface area contributed by atoms with E-state index < -0.39 is 12.0 Å². The largest absolute Gasteiger partial charge is 0.493 e. The van der Waals surface area contributed by atoms with Crippen molar-refractivity contribution in [3.63, 3.8) is 0 Å². The molecule has 1 N–H and O–H groups in total. The van der Waals surface area contributed by atoms with Gasteiger partial charge in [0.1, 0.15) is 0 Å². The zero-order chi connectivity index (χ0) is 17.9. The Morgan fingerprint density at radius 1 is 1.33 bits per heavy atom. The van der Waals surface area contributed by atoms with Gasteiger partial charge in [-0.3, -0.25) is 0 Å². The topological polar surface area (TPSA) is 64.4 Å². The first kappa shape index (κ1) is 18.0. The number of rotatable bonds is 5. The van der Waals surface area contributed by atoms with Gasteiger partial charge in [0.15, 0.2) is 11.5 Å². The van der Waals surface area contributed by atoms with Gasteiger partial charge in [-0.2, -0.15) is 22.9 Å². The average Bonchev–Trinajstić information content (AvgIpc) is 2.86. The van der Waals surface area contributed by atoms with Gasteiger partial charge in [-0.25, -0.2) is 5.10 Å². The van der Waals surface area contributed by atoms with E-state index >= 15 is 0 Å². The first-order valence-electron chi connectivity index (χ1n) is 6.86. The minimum absolute atomic E-state index is 0.0922. The smallest absolute Gasteiger partial charge is 0.453 e. The lowest BCUT2D eigenvalue weighted by Gasteiger charge is -2.13. The van der Waals surface area contributed by atoms with Gasteiger partial charge >= 0.3 is 6.18 Å². The minimum atomic E-state index is -4.67. The van der Waals surface area contributed by atoms with Crippen LogP contribution in [0.4, 0.5) is 13.2 Å². The van der Waals surface area contributed by atoms with E-state index in [9.17, 15) is 13.2 Å². The Hall–Kier alpha value is -2.36. The summed E-state index contributed by atoms with van der Waals surface area (Å²) in [4.78, 5) is 0. The number of aromatic amines is 1. The van der Waals surface area contributed by atoms with Gasteiger partial charge < -0.3 is 9.47 Å². The predicted molar refractivity (Wildman–Crippen MR) is 84.2 cm³/mol. The van der Waals surface area contributed by atoms with E-state index in [2.05, 4.69) is 15.3 Å². The SMILES string of the molecule is COc1ccc(/C=N\n2c(C(F)(F)F)n[nH]c2=S)cc1OC(C)C. The molecule has 0 saturated heterocycles. The highest BCUT2D eigenvalue weighted by Crippen LogP contribution is 2.29. The van der Waals surface area contributed by atoms with Crippen LogP contribution < -0.4 is 9.47 Å². The minimum Gasteiger partial charge on any atom is -0.493 e. The standard InChI is InChI=1S/C14H15F3N4O2S/c1-8(2)23-11-6-9(4-5-10(11)22-3)7-18-21-12(14(15,16)17)19-20-13(21)24/h4-8H,1-3H3,(H,20,24)/b18-7-. The van der Waals surface area contributed by atoms with Crippen molar-refractivity contribution < 1.29 is 22.6 Å². The molecule has 0 radical (unpaired) electrons. The molecule has 0 saturated carbocycles. The molecule has 0 amide bonds. The summed E-state index contributed by atoms with van der Waals surface area (Å²) in [7, 11) is 1.50. The van der Waals surface area contributed by atoms with Crippen LogP contribution in [0.5, 0.6) is 11.5 Å². The second-order valence-corrected chi connectivity index (χ2v) is 5.37. The fourth-order valence-corrected chi connectivity index (χ4v) is 2.01.